The van der Waals surface area contributed by atoms with Crippen molar-refractivity contribution in [3.63, 3.8) is 0 Å². The fourth-order valence-electron chi connectivity index (χ4n) is 3.64. The van der Waals surface area contributed by atoms with Crippen LogP contribution in [0.5, 0.6) is 5.75 Å². The van der Waals surface area contributed by atoms with Gasteiger partial charge in [-0.25, -0.2) is 4.99 Å². The minimum absolute atomic E-state index is 0.463. The first-order valence-electron chi connectivity index (χ1n) is 10.9. The Bertz CT molecular complexity index is 780. The summed E-state index contributed by atoms with van der Waals surface area (Å²) in [6, 6.07) is 13.1. The Labute approximate surface area is 178 Å². The summed E-state index contributed by atoms with van der Waals surface area (Å²) in [5, 5.41) is 10.6. The number of hydrogen-bond donors (Lipinski definition) is 2. The molecule has 0 spiro atoms. The number of nitrogens with zero attached hydrogens (tertiary/aromatic N) is 2. The zero-order valence-corrected chi connectivity index (χ0v) is 18.1. The third-order valence-corrected chi connectivity index (χ3v) is 6.48. The van der Waals surface area contributed by atoms with Crippen molar-refractivity contribution < 1.29 is 4.74 Å². The number of guanidine groups is 1. The molecule has 1 saturated carbocycles. The van der Waals surface area contributed by atoms with Crippen molar-refractivity contribution >= 4 is 22.3 Å². The van der Waals surface area contributed by atoms with Gasteiger partial charge in [0.2, 0.25) is 0 Å². The molecule has 0 bridgehead atoms. The molecular weight excluding hydrogens is 380 g/mol. The van der Waals surface area contributed by atoms with Gasteiger partial charge in [-0.3, -0.25) is 0 Å². The van der Waals surface area contributed by atoms with E-state index in [9.17, 15) is 0 Å². The summed E-state index contributed by atoms with van der Waals surface area (Å²) in [6.07, 6.45) is 4.87. The van der Waals surface area contributed by atoms with Crippen LogP contribution in [0.15, 0.2) is 46.8 Å². The quantitative estimate of drug-likeness (QED) is 0.502. The molecule has 2 fully saturated rings. The van der Waals surface area contributed by atoms with E-state index in [4.69, 9.17) is 9.73 Å². The molecule has 2 aromatic rings. The zero-order chi connectivity index (χ0) is 19.9. The number of rotatable bonds is 8. The van der Waals surface area contributed by atoms with Crippen LogP contribution in [-0.2, 0) is 6.54 Å². The molecule has 6 heteroatoms. The highest BCUT2D eigenvalue weighted by molar-refractivity contribution is 7.14. The third kappa shape index (κ3) is 5.89. The number of anilines is 1. The van der Waals surface area contributed by atoms with E-state index in [1.807, 2.05) is 17.4 Å². The maximum absolute atomic E-state index is 6.04. The molecule has 4 rings (SSSR count). The number of para-hydroxylation sites is 1. The lowest BCUT2D eigenvalue weighted by Gasteiger charge is -2.33. The molecule has 1 saturated heterocycles. The smallest absolute Gasteiger partial charge is 0.191 e. The summed E-state index contributed by atoms with van der Waals surface area (Å²) < 4.78 is 6.04. The molecule has 1 aromatic carbocycles. The van der Waals surface area contributed by atoms with Gasteiger partial charge in [-0.1, -0.05) is 18.2 Å². The van der Waals surface area contributed by atoms with Crippen LogP contribution in [0, 0.1) is 5.92 Å². The molecule has 5 nitrogen and oxygen atoms in total. The van der Waals surface area contributed by atoms with Gasteiger partial charge in [0, 0.05) is 31.2 Å². The maximum atomic E-state index is 6.04. The topological polar surface area (TPSA) is 48.9 Å². The molecular formula is C23H32N4OS. The minimum Gasteiger partial charge on any atom is -0.493 e. The molecule has 1 aliphatic heterocycles. The molecule has 0 unspecified atom stereocenters. The summed E-state index contributed by atoms with van der Waals surface area (Å²) >= 11 is 1.83. The van der Waals surface area contributed by atoms with E-state index < -0.39 is 0 Å². The average Bonchev–Trinajstić information content (AvgIpc) is 3.42. The number of nitrogens with one attached hydrogen (secondary N) is 2. The van der Waals surface area contributed by atoms with Crippen LogP contribution in [0.2, 0.25) is 0 Å². The molecule has 2 aliphatic rings. The fourth-order valence-corrected chi connectivity index (χ4v) is 4.42. The fraction of sp³-hybridized carbons (Fsp3) is 0.522. The van der Waals surface area contributed by atoms with Crippen molar-refractivity contribution in [2.45, 2.75) is 45.2 Å². The minimum atomic E-state index is 0.463. The Morgan fingerprint density at radius 2 is 1.97 bits per heavy atom. The van der Waals surface area contributed by atoms with Crippen molar-refractivity contribution in [3.8, 4) is 5.75 Å². The number of benzene rings is 1. The van der Waals surface area contributed by atoms with Crippen LogP contribution in [-0.4, -0.2) is 38.2 Å². The van der Waals surface area contributed by atoms with E-state index >= 15 is 0 Å². The van der Waals surface area contributed by atoms with E-state index in [-0.39, 0.29) is 0 Å². The Kier molecular flexibility index (Phi) is 6.93. The number of ether oxygens (including phenoxy) is 1. The van der Waals surface area contributed by atoms with E-state index in [1.165, 1.54) is 17.8 Å². The molecule has 2 heterocycles. The lowest BCUT2D eigenvalue weighted by Crippen LogP contribution is -2.48. The van der Waals surface area contributed by atoms with E-state index in [0.29, 0.717) is 12.6 Å². The third-order valence-electron chi connectivity index (χ3n) is 5.55. The first-order chi connectivity index (χ1) is 14.3. The Balaban J connectivity index is 1.32. The Morgan fingerprint density at radius 1 is 1.14 bits per heavy atom. The summed E-state index contributed by atoms with van der Waals surface area (Å²) in [5.41, 5.74) is 1.15. The lowest BCUT2D eigenvalue weighted by atomic mass is 10.1. The molecule has 2 N–H and O–H groups in total. The number of piperidine rings is 1. The van der Waals surface area contributed by atoms with Crippen LogP contribution < -0.4 is 20.3 Å². The normalized spacial score (nSPS) is 18.0. The van der Waals surface area contributed by atoms with Crippen molar-refractivity contribution in [2.75, 3.05) is 31.1 Å². The average molecular weight is 413 g/mol. The lowest BCUT2D eigenvalue weighted by molar-refractivity contribution is 0.297. The highest BCUT2D eigenvalue weighted by Crippen LogP contribution is 2.30. The van der Waals surface area contributed by atoms with Gasteiger partial charge in [-0.2, -0.15) is 0 Å². The van der Waals surface area contributed by atoms with Crippen LogP contribution in [0.25, 0.3) is 0 Å². The Hall–Kier alpha value is -2.21. The molecule has 0 atom stereocenters. The van der Waals surface area contributed by atoms with Gasteiger partial charge in [0.05, 0.1) is 18.2 Å². The summed E-state index contributed by atoms with van der Waals surface area (Å²) in [5.74, 6) is 2.63. The van der Waals surface area contributed by atoms with Crippen LogP contribution >= 0.6 is 11.3 Å². The monoisotopic (exact) mass is 412 g/mol. The van der Waals surface area contributed by atoms with Crippen molar-refractivity contribution in [1.82, 2.24) is 10.6 Å². The second-order valence-electron chi connectivity index (χ2n) is 7.91. The molecule has 0 amide bonds. The number of aliphatic imine (C=N–C) groups is 1. The predicted octanol–water partition coefficient (Wildman–Crippen LogP) is 4.26. The molecule has 1 aliphatic carbocycles. The van der Waals surface area contributed by atoms with Gasteiger partial charge in [0.25, 0.3) is 0 Å². The molecule has 0 radical (unpaired) electrons. The van der Waals surface area contributed by atoms with Gasteiger partial charge in [0.1, 0.15) is 5.75 Å². The maximum Gasteiger partial charge on any atom is 0.191 e. The van der Waals surface area contributed by atoms with E-state index in [0.717, 1.165) is 62.3 Å². The molecule has 156 valence electrons. The Morgan fingerprint density at radius 3 is 2.69 bits per heavy atom. The van der Waals surface area contributed by atoms with Crippen LogP contribution in [0.3, 0.4) is 0 Å². The molecule has 1 aromatic heterocycles. The van der Waals surface area contributed by atoms with Gasteiger partial charge in [0.15, 0.2) is 5.96 Å². The second-order valence-corrected chi connectivity index (χ2v) is 8.84. The highest BCUT2D eigenvalue weighted by Gasteiger charge is 2.22. The van der Waals surface area contributed by atoms with Crippen LogP contribution in [0.4, 0.5) is 5.00 Å². The van der Waals surface area contributed by atoms with Crippen LogP contribution in [0.1, 0.15) is 38.2 Å². The van der Waals surface area contributed by atoms with Gasteiger partial charge in [-0.15, -0.1) is 11.3 Å². The van der Waals surface area contributed by atoms with E-state index in [2.05, 4.69) is 58.2 Å². The van der Waals surface area contributed by atoms with Gasteiger partial charge in [-0.05, 0) is 62.1 Å². The summed E-state index contributed by atoms with van der Waals surface area (Å²) in [7, 11) is 0. The summed E-state index contributed by atoms with van der Waals surface area (Å²) in [4.78, 5) is 7.34. The number of thiophene rings is 1. The zero-order valence-electron chi connectivity index (χ0n) is 17.3. The standard InChI is InChI=1S/C23H32N4OS/c1-2-24-23(26-20-11-13-27(14-12-20)22-8-5-15-29-22)25-16-19-6-3-4-7-21(19)28-17-18-9-10-18/h3-8,15,18,20H,2,9-14,16-17H2,1H3,(H2,24,25,26). The number of hydrogen-bond acceptors (Lipinski definition) is 4. The largest absolute Gasteiger partial charge is 0.493 e. The first kappa shape index (κ1) is 20.1. The van der Waals surface area contributed by atoms with Gasteiger partial charge < -0.3 is 20.3 Å². The molecule has 29 heavy (non-hydrogen) atoms. The van der Waals surface area contributed by atoms with E-state index in [1.54, 1.807) is 0 Å². The first-order valence-corrected chi connectivity index (χ1v) is 11.7. The van der Waals surface area contributed by atoms with Gasteiger partial charge >= 0.3 is 0 Å². The van der Waals surface area contributed by atoms with Crippen molar-refractivity contribution in [3.05, 3.63) is 47.3 Å². The van der Waals surface area contributed by atoms with Crippen molar-refractivity contribution in [1.29, 1.82) is 0 Å². The SMILES string of the molecule is CCNC(=NCc1ccccc1OCC1CC1)NC1CCN(c2cccs2)CC1. The highest BCUT2D eigenvalue weighted by atomic mass is 32.1. The summed E-state index contributed by atoms with van der Waals surface area (Å²) in [6.45, 7) is 6.62. The van der Waals surface area contributed by atoms with Crippen molar-refractivity contribution in [2.24, 2.45) is 10.9 Å². The second kappa shape index (κ2) is 10.0. The predicted molar refractivity (Wildman–Crippen MR) is 122 cm³/mol.